The number of aliphatic hydroxyl groups excluding tert-OH is 1. The van der Waals surface area contributed by atoms with Crippen molar-refractivity contribution in [1.82, 2.24) is 0 Å². The van der Waals surface area contributed by atoms with Crippen LogP contribution in [0.5, 0.6) is 11.5 Å². The monoisotopic (exact) mass is 469 g/mol. The van der Waals surface area contributed by atoms with Crippen LogP contribution in [0.1, 0.15) is 23.4 Å². The topological polar surface area (TPSA) is 76.1 Å². The third-order valence-electron chi connectivity index (χ3n) is 5.09. The van der Waals surface area contributed by atoms with Crippen LogP contribution in [-0.2, 0) is 9.59 Å². The number of amides is 1. The van der Waals surface area contributed by atoms with Gasteiger partial charge in [-0.15, -0.1) is 11.3 Å². The van der Waals surface area contributed by atoms with Crippen LogP contribution in [0.4, 0.5) is 5.69 Å². The molecule has 2 aromatic carbocycles. The minimum absolute atomic E-state index is 0.0316. The molecule has 32 heavy (non-hydrogen) atoms. The number of nitrogens with zero attached hydrogens (tertiary/aromatic N) is 1. The molecule has 4 rings (SSSR count). The number of ether oxygens (including phenoxy) is 2. The molecule has 1 aliphatic heterocycles. The van der Waals surface area contributed by atoms with Gasteiger partial charge >= 0.3 is 0 Å². The molecule has 0 spiro atoms. The molecule has 0 aliphatic carbocycles. The average molecular weight is 470 g/mol. The number of halogens is 1. The fraction of sp³-hybridized carbons (Fsp3) is 0.167. The number of ketones is 1. The molecule has 0 saturated carbocycles. The van der Waals surface area contributed by atoms with Gasteiger partial charge in [-0.25, -0.2) is 0 Å². The first-order chi connectivity index (χ1) is 15.5. The van der Waals surface area contributed by atoms with E-state index in [1.165, 1.54) is 23.3 Å². The van der Waals surface area contributed by atoms with Gasteiger partial charge in [0.05, 0.1) is 24.3 Å². The van der Waals surface area contributed by atoms with Crippen molar-refractivity contribution in [2.75, 3.05) is 18.6 Å². The summed E-state index contributed by atoms with van der Waals surface area (Å²) >= 11 is 7.73. The van der Waals surface area contributed by atoms with Gasteiger partial charge in [0.1, 0.15) is 23.3 Å². The highest BCUT2D eigenvalue weighted by Crippen LogP contribution is 2.45. The van der Waals surface area contributed by atoms with Crippen LogP contribution < -0.4 is 14.4 Å². The highest BCUT2D eigenvalue weighted by Gasteiger charge is 2.47. The third kappa shape index (κ3) is 3.85. The van der Waals surface area contributed by atoms with Gasteiger partial charge in [0.2, 0.25) is 0 Å². The zero-order valence-corrected chi connectivity index (χ0v) is 18.9. The fourth-order valence-corrected chi connectivity index (χ4v) is 4.69. The molecule has 6 nitrogen and oxygen atoms in total. The maximum Gasteiger partial charge on any atom is 0.300 e. The zero-order valence-electron chi connectivity index (χ0n) is 17.4. The number of anilines is 1. The van der Waals surface area contributed by atoms with Crippen LogP contribution in [-0.4, -0.2) is 30.5 Å². The van der Waals surface area contributed by atoms with Crippen molar-refractivity contribution in [3.63, 3.8) is 0 Å². The molecule has 1 aliphatic rings. The van der Waals surface area contributed by atoms with E-state index in [4.69, 9.17) is 21.1 Å². The summed E-state index contributed by atoms with van der Waals surface area (Å²) in [5.41, 5.74) is 0.677. The van der Waals surface area contributed by atoms with E-state index >= 15 is 0 Å². The molecular weight excluding hydrogens is 450 g/mol. The van der Waals surface area contributed by atoms with Crippen LogP contribution in [0.3, 0.4) is 0 Å². The lowest BCUT2D eigenvalue weighted by Gasteiger charge is -2.24. The van der Waals surface area contributed by atoms with Crippen molar-refractivity contribution >= 4 is 46.1 Å². The van der Waals surface area contributed by atoms with E-state index in [1.54, 1.807) is 42.5 Å². The predicted octanol–water partition coefficient (Wildman–Crippen LogP) is 5.44. The molecule has 1 aromatic heterocycles. The Bertz CT molecular complexity index is 1200. The summed E-state index contributed by atoms with van der Waals surface area (Å²) < 4.78 is 10.8. The molecule has 8 heteroatoms. The van der Waals surface area contributed by atoms with Gasteiger partial charge in [-0.2, -0.15) is 0 Å². The summed E-state index contributed by atoms with van der Waals surface area (Å²) in [5.74, 6) is -0.842. The largest absolute Gasteiger partial charge is 0.507 e. The fourth-order valence-electron chi connectivity index (χ4n) is 3.66. The Kier molecular flexibility index (Phi) is 6.21. The molecule has 2 heterocycles. The second-order valence-corrected chi connectivity index (χ2v) is 8.35. The van der Waals surface area contributed by atoms with E-state index in [0.717, 1.165) is 4.88 Å². The summed E-state index contributed by atoms with van der Waals surface area (Å²) in [5, 5.41) is 13.3. The minimum Gasteiger partial charge on any atom is -0.507 e. The lowest BCUT2D eigenvalue weighted by Crippen LogP contribution is -2.29. The first kappa shape index (κ1) is 21.9. The van der Waals surface area contributed by atoms with Crippen LogP contribution in [0.25, 0.3) is 5.76 Å². The first-order valence-electron chi connectivity index (χ1n) is 9.87. The lowest BCUT2D eigenvalue weighted by atomic mass is 9.99. The van der Waals surface area contributed by atoms with Gasteiger partial charge in [0.15, 0.2) is 0 Å². The van der Waals surface area contributed by atoms with Gasteiger partial charge in [0.25, 0.3) is 11.7 Å². The van der Waals surface area contributed by atoms with E-state index in [9.17, 15) is 14.7 Å². The van der Waals surface area contributed by atoms with Crippen LogP contribution in [0.2, 0.25) is 5.02 Å². The quantitative estimate of drug-likeness (QED) is 0.296. The number of methoxy groups -OCH3 is 1. The second-order valence-electron chi connectivity index (χ2n) is 6.96. The summed E-state index contributed by atoms with van der Waals surface area (Å²) in [6.07, 6.45) is 0. The van der Waals surface area contributed by atoms with Crippen molar-refractivity contribution < 1.29 is 24.2 Å². The van der Waals surface area contributed by atoms with Crippen molar-refractivity contribution in [2.24, 2.45) is 0 Å². The van der Waals surface area contributed by atoms with Crippen molar-refractivity contribution in [1.29, 1.82) is 0 Å². The van der Waals surface area contributed by atoms with E-state index in [2.05, 4.69) is 0 Å². The lowest BCUT2D eigenvalue weighted by molar-refractivity contribution is -0.132. The first-order valence-corrected chi connectivity index (χ1v) is 11.1. The van der Waals surface area contributed by atoms with E-state index < -0.39 is 17.7 Å². The Morgan fingerprint density at radius 3 is 2.62 bits per heavy atom. The molecule has 1 saturated heterocycles. The van der Waals surface area contributed by atoms with E-state index in [1.807, 2.05) is 24.4 Å². The molecule has 164 valence electrons. The summed E-state index contributed by atoms with van der Waals surface area (Å²) in [7, 11) is 1.53. The number of carbonyl (C=O) groups is 2. The molecule has 1 atom stereocenters. The Balaban J connectivity index is 1.92. The van der Waals surface area contributed by atoms with Crippen LogP contribution >= 0.6 is 22.9 Å². The van der Waals surface area contributed by atoms with Gasteiger partial charge in [-0.3, -0.25) is 14.5 Å². The Morgan fingerprint density at radius 2 is 1.94 bits per heavy atom. The number of hydrogen-bond donors (Lipinski definition) is 1. The Morgan fingerprint density at radius 1 is 1.12 bits per heavy atom. The molecule has 1 amide bonds. The van der Waals surface area contributed by atoms with Crippen LogP contribution in [0.15, 0.2) is 65.6 Å². The SMILES string of the molecule is CCOc1ccc(Cl)c(/C(O)=C2/C(=O)C(=O)N(c3cccc(OC)c3)C2c2cccs2)c1. The van der Waals surface area contributed by atoms with Gasteiger partial charge in [0, 0.05) is 22.2 Å². The van der Waals surface area contributed by atoms with E-state index in [-0.39, 0.29) is 21.9 Å². The number of aliphatic hydroxyl groups is 1. The number of Topliss-reactive ketones (excluding diaryl/α,β-unsaturated/α-hetero) is 1. The predicted molar refractivity (Wildman–Crippen MR) is 125 cm³/mol. The standard InChI is InChI=1S/C24H20ClNO5S/c1-3-31-16-9-10-18(25)17(13-16)22(27)20-21(19-8-5-11-32-19)26(24(29)23(20)28)14-6-4-7-15(12-14)30-2/h4-13,21,27H,3H2,1-2H3/b22-20-. The summed E-state index contributed by atoms with van der Waals surface area (Å²) in [6.45, 7) is 2.27. The smallest absolute Gasteiger partial charge is 0.300 e. The summed E-state index contributed by atoms with van der Waals surface area (Å²) in [4.78, 5) is 28.4. The van der Waals surface area contributed by atoms with Crippen molar-refractivity contribution in [2.45, 2.75) is 13.0 Å². The molecule has 0 bridgehead atoms. The average Bonchev–Trinajstić information content (AvgIpc) is 3.42. The number of carbonyl (C=O) groups excluding carboxylic acids is 2. The summed E-state index contributed by atoms with van der Waals surface area (Å²) in [6, 6.07) is 14.5. The number of thiophene rings is 1. The Labute approximate surface area is 194 Å². The number of benzene rings is 2. The highest BCUT2D eigenvalue weighted by molar-refractivity contribution is 7.10. The maximum absolute atomic E-state index is 13.2. The van der Waals surface area contributed by atoms with Crippen LogP contribution in [0, 0.1) is 0 Å². The molecular formula is C24H20ClNO5S. The van der Waals surface area contributed by atoms with E-state index in [0.29, 0.717) is 23.8 Å². The third-order valence-corrected chi connectivity index (χ3v) is 6.35. The second kappa shape index (κ2) is 9.06. The molecule has 3 aromatic rings. The molecule has 1 fully saturated rings. The number of hydrogen-bond acceptors (Lipinski definition) is 6. The van der Waals surface area contributed by atoms with Gasteiger partial charge in [-0.1, -0.05) is 23.7 Å². The maximum atomic E-state index is 13.2. The van der Waals surface area contributed by atoms with Gasteiger partial charge in [-0.05, 0) is 48.7 Å². The molecule has 1 unspecified atom stereocenters. The molecule has 1 N–H and O–H groups in total. The normalized spacial score (nSPS) is 17.6. The van der Waals surface area contributed by atoms with Gasteiger partial charge < -0.3 is 14.6 Å². The van der Waals surface area contributed by atoms with Crippen molar-refractivity contribution in [3.05, 3.63) is 81.0 Å². The highest BCUT2D eigenvalue weighted by atomic mass is 35.5. The minimum atomic E-state index is -0.811. The Hall–Kier alpha value is -3.29. The number of rotatable bonds is 6. The van der Waals surface area contributed by atoms with Crippen molar-refractivity contribution in [3.8, 4) is 11.5 Å². The zero-order chi connectivity index (χ0) is 22.8. The molecule has 0 radical (unpaired) electrons.